The molecule has 0 saturated heterocycles. The quantitative estimate of drug-likeness (QED) is 0.193. The molecule has 2 atom stereocenters. The van der Waals surface area contributed by atoms with Gasteiger partial charge >= 0.3 is 0 Å². The monoisotopic (exact) mass is 585 g/mol. The van der Waals surface area contributed by atoms with Crippen LogP contribution in [0.5, 0.6) is 46.0 Å². The van der Waals surface area contributed by atoms with Crippen LogP contribution in [-0.4, -0.2) is 55.2 Å². The molecule has 1 heterocycles. The van der Waals surface area contributed by atoms with Crippen LogP contribution in [0.2, 0.25) is 0 Å². The molecule has 4 aromatic rings. The Morgan fingerprint density at radius 3 is 2.05 bits per heavy atom. The van der Waals surface area contributed by atoms with Gasteiger partial charge in [0.1, 0.15) is 17.2 Å². The van der Waals surface area contributed by atoms with Crippen molar-refractivity contribution in [2.45, 2.75) is 12.2 Å². The normalized spacial score (nSPS) is 15.6. The highest BCUT2D eigenvalue weighted by atomic mass is 16.6. The molecule has 10 nitrogen and oxygen atoms in total. The minimum Gasteiger partial charge on any atom is -0.508 e. The van der Waals surface area contributed by atoms with Crippen LogP contribution in [-0.2, 0) is 0 Å². The summed E-state index contributed by atoms with van der Waals surface area (Å²) in [7, 11) is 4.42. The number of fused-ring (bicyclic) bond motifs is 1. The number of carbonyl (C=O) groups is 1. The van der Waals surface area contributed by atoms with E-state index in [0.29, 0.717) is 33.9 Å². The molecule has 1 aliphatic rings. The number of amides is 1. The van der Waals surface area contributed by atoms with Crippen molar-refractivity contribution < 1.29 is 43.8 Å². The number of nitrogens with one attached hydrogen (secondary N) is 1. The second-order valence-corrected chi connectivity index (χ2v) is 9.73. The molecule has 0 radical (unpaired) electrons. The second-order valence-electron chi connectivity index (χ2n) is 9.73. The molecule has 0 aliphatic carbocycles. The Balaban J connectivity index is 1.44. The van der Waals surface area contributed by atoms with Gasteiger partial charge in [-0.25, -0.2) is 0 Å². The smallest absolute Gasteiger partial charge is 0.251 e. The van der Waals surface area contributed by atoms with E-state index in [9.17, 15) is 20.1 Å². The van der Waals surface area contributed by atoms with E-state index in [4.69, 9.17) is 23.7 Å². The van der Waals surface area contributed by atoms with E-state index in [-0.39, 0.29) is 41.2 Å². The average molecular weight is 586 g/mol. The minimum absolute atomic E-state index is 0.0467. The molecule has 1 aliphatic heterocycles. The number of carbonyl (C=O) groups excluding carboxylic acids is 1. The number of rotatable bonds is 9. The molecule has 43 heavy (non-hydrogen) atoms. The van der Waals surface area contributed by atoms with Gasteiger partial charge in [0.05, 0.1) is 27.9 Å². The summed E-state index contributed by atoms with van der Waals surface area (Å²) in [6.45, 7) is 0.100. The Morgan fingerprint density at radius 1 is 0.767 bits per heavy atom. The van der Waals surface area contributed by atoms with E-state index >= 15 is 0 Å². The molecule has 0 bridgehead atoms. The molecule has 0 spiro atoms. The highest BCUT2D eigenvalue weighted by molar-refractivity contribution is 5.94. The highest BCUT2D eigenvalue weighted by Crippen LogP contribution is 2.44. The lowest BCUT2D eigenvalue weighted by Gasteiger charge is -2.35. The van der Waals surface area contributed by atoms with Crippen LogP contribution in [0.15, 0.2) is 72.8 Å². The number of benzene rings is 4. The summed E-state index contributed by atoms with van der Waals surface area (Å²) in [5.41, 5.74) is 2.44. The van der Waals surface area contributed by atoms with Gasteiger partial charge in [0.25, 0.3) is 5.91 Å². The first-order valence-electron chi connectivity index (χ1n) is 13.3. The van der Waals surface area contributed by atoms with Crippen LogP contribution >= 0.6 is 0 Å². The van der Waals surface area contributed by atoms with Gasteiger partial charge in [-0.2, -0.15) is 0 Å². The lowest BCUT2D eigenvalue weighted by molar-refractivity contribution is 0.0197. The average Bonchev–Trinajstić information content (AvgIpc) is 3.01. The largest absolute Gasteiger partial charge is 0.508 e. The maximum absolute atomic E-state index is 12.9. The highest BCUT2D eigenvalue weighted by Gasteiger charge is 2.35. The third kappa shape index (κ3) is 6.54. The van der Waals surface area contributed by atoms with Crippen LogP contribution in [0, 0.1) is 0 Å². The summed E-state index contributed by atoms with van der Waals surface area (Å²) in [6, 6.07) is 19.7. The van der Waals surface area contributed by atoms with Crippen molar-refractivity contribution in [1.29, 1.82) is 0 Å². The molecular weight excluding hydrogens is 554 g/mol. The van der Waals surface area contributed by atoms with E-state index in [2.05, 4.69) is 5.32 Å². The Morgan fingerprint density at radius 2 is 1.42 bits per heavy atom. The van der Waals surface area contributed by atoms with Gasteiger partial charge in [0.2, 0.25) is 5.75 Å². The van der Waals surface area contributed by atoms with Crippen molar-refractivity contribution in [2.75, 3.05) is 27.9 Å². The molecule has 0 unspecified atom stereocenters. The zero-order valence-electron chi connectivity index (χ0n) is 23.7. The predicted molar refractivity (Wildman–Crippen MR) is 159 cm³/mol. The third-order valence-electron chi connectivity index (χ3n) is 6.88. The van der Waals surface area contributed by atoms with Gasteiger partial charge in [0, 0.05) is 17.2 Å². The summed E-state index contributed by atoms with van der Waals surface area (Å²) in [4.78, 5) is 12.9. The van der Waals surface area contributed by atoms with Crippen LogP contribution < -0.4 is 29.0 Å². The predicted octanol–water partition coefficient (Wildman–Crippen LogP) is 5.31. The first-order chi connectivity index (χ1) is 20.8. The maximum Gasteiger partial charge on any atom is 0.251 e. The number of hydrogen-bond acceptors (Lipinski definition) is 9. The van der Waals surface area contributed by atoms with E-state index in [1.165, 1.54) is 32.4 Å². The number of ether oxygens (including phenoxy) is 5. The van der Waals surface area contributed by atoms with Crippen molar-refractivity contribution in [2.24, 2.45) is 0 Å². The van der Waals surface area contributed by atoms with Gasteiger partial charge in [-0.15, -0.1) is 0 Å². The molecule has 222 valence electrons. The molecular formula is C33H31NO9. The molecule has 0 saturated carbocycles. The fourth-order valence-corrected chi connectivity index (χ4v) is 4.71. The van der Waals surface area contributed by atoms with Gasteiger partial charge in [-0.1, -0.05) is 18.2 Å². The number of phenolic OH excluding ortho intramolecular Hbond substituents is 3. The van der Waals surface area contributed by atoms with Crippen LogP contribution in [0.25, 0.3) is 12.2 Å². The van der Waals surface area contributed by atoms with Crippen molar-refractivity contribution in [1.82, 2.24) is 5.32 Å². The van der Waals surface area contributed by atoms with Gasteiger partial charge in [0.15, 0.2) is 35.2 Å². The number of methoxy groups -OCH3 is 3. The topological polar surface area (TPSA) is 136 Å². The van der Waals surface area contributed by atoms with Crippen LogP contribution in [0.4, 0.5) is 0 Å². The fourth-order valence-electron chi connectivity index (χ4n) is 4.71. The van der Waals surface area contributed by atoms with Crippen molar-refractivity contribution in [3.8, 4) is 46.0 Å². The van der Waals surface area contributed by atoms with Crippen LogP contribution in [0.1, 0.15) is 33.2 Å². The molecule has 4 aromatic carbocycles. The molecule has 10 heteroatoms. The second kappa shape index (κ2) is 12.6. The van der Waals surface area contributed by atoms with E-state index in [0.717, 1.165) is 5.56 Å². The molecule has 4 N–H and O–H groups in total. The maximum atomic E-state index is 12.9. The fraction of sp³-hybridized carbons (Fsp3) is 0.182. The Bertz CT molecular complexity index is 1600. The number of hydrogen-bond donors (Lipinski definition) is 4. The zero-order valence-corrected chi connectivity index (χ0v) is 23.7. The Hall–Kier alpha value is -5.51. The van der Waals surface area contributed by atoms with Crippen LogP contribution in [0.3, 0.4) is 0 Å². The first kappa shape index (κ1) is 29.0. The number of aromatic hydroxyl groups is 3. The molecule has 0 aromatic heterocycles. The SMILES string of the molecule is COc1ccc(C(=O)NC[C@@H]2Oc3ccc(/C=C/c4cc(O)cc(O)c4)cc3O[C@H]2c2cc(OC)c(O)c(OC)c2)cc1. The van der Waals surface area contributed by atoms with E-state index < -0.39 is 12.2 Å². The molecule has 0 fully saturated rings. The minimum atomic E-state index is -0.727. The lowest BCUT2D eigenvalue weighted by Crippen LogP contribution is -2.43. The Labute approximate surface area is 248 Å². The summed E-state index contributed by atoms with van der Waals surface area (Å²) in [6.07, 6.45) is 2.16. The summed E-state index contributed by atoms with van der Waals surface area (Å²) in [5.74, 6) is 1.41. The van der Waals surface area contributed by atoms with Crippen molar-refractivity contribution >= 4 is 18.1 Å². The summed E-state index contributed by atoms with van der Waals surface area (Å²) < 4.78 is 28.7. The van der Waals surface area contributed by atoms with E-state index in [1.54, 1.807) is 67.8 Å². The third-order valence-corrected chi connectivity index (χ3v) is 6.88. The van der Waals surface area contributed by atoms with Crippen molar-refractivity contribution in [3.05, 3.63) is 95.1 Å². The van der Waals surface area contributed by atoms with E-state index in [1.807, 2.05) is 6.07 Å². The molecule has 5 rings (SSSR count). The van der Waals surface area contributed by atoms with Gasteiger partial charge < -0.3 is 44.3 Å². The van der Waals surface area contributed by atoms with Gasteiger partial charge in [-0.3, -0.25) is 4.79 Å². The van der Waals surface area contributed by atoms with Gasteiger partial charge in [-0.05, 0) is 71.8 Å². The number of phenols is 3. The Kier molecular flexibility index (Phi) is 8.47. The first-order valence-corrected chi connectivity index (χ1v) is 13.3. The molecule has 1 amide bonds. The standard InChI is InChI=1S/C33H31NO9/c1-39-25-9-7-21(8-10-25)33(38)34-18-30-32(22-15-28(40-2)31(37)29(16-22)41-3)43-27-14-19(6-11-26(27)42-30)4-5-20-12-23(35)17-24(36)13-20/h4-17,30,32,35-37H,18H2,1-3H3,(H,34,38)/b5-4+/t30-,32-/m0/s1. The lowest BCUT2D eigenvalue weighted by atomic mass is 10.0. The summed E-state index contributed by atoms with van der Waals surface area (Å²) in [5, 5.41) is 32.9. The van der Waals surface area contributed by atoms with Crippen molar-refractivity contribution in [3.63, 3.8) is 0 Å². The summed E-state index contributed by atoms with van der Waals surface area (Å²) >= 11 is 0. The zero-order chi connectivity index (χ0) is 30.5.